The number of hydrogen-bond donors (Lipinski definition) is 2. The van der Waals surface area contributed by atoms with Gasteiger partial charge < -0.3 is 15.4 Å². The molecule has 2 aromatic rings. The van der Waals surface area contributed by atoms with E-state index < -0.39 is 6.10 Å². The molecule has 138 valence electrons. The zero-order chi connectivity index (χ0) is 19.3. The molecule has 0 saturated carbocycles. The number of carbonyl (C=O) groups excluding carboxylic acids is 2. The summed E-state index contributed by atoms with van der Waals surface area (Å²) in [6.45, 7) is 7.37. The molecular formula is C20H23ClN2O3. The van der Waals surface area contributed by atoms with Crippen molar-refractivity contribution >= 4 is 29.1 Å². The van der Waals surface area contributed by atoms with E-state index in [4.69, 9.17) is 16.3 Å². The zero-order valence-corrected chi connectivity index (χ0v) is 16.1. The average molecular weight is 375 g/mol. The molecule has 0 spiro atoms. The predicted octanol–water partition coefficient (Wildman–Crippen LogP) is 3.79. The highest BCUT2D eigenvalue weighted by molar-refractivity contribution is 6.30. The van der Waals surface area contributed by atoms with Crippen LogP contribution in [0.1, 0.15) is 23.6 Å². The molecular weight excluding hydrogens is 352 g/mol. The molecule has 0 fully saturated rings. The molecule has 6 heteroatoms. The highest BCUT2D eigenvalue weighted by atomic mass is 35.5. The fourth-order valence-electron chi connectivity index (χ4n) is 2.67. The number of ether oxygens (including phenoxy) is 1. The summed E-state index contributed by atoms with van der Waals surface area (Å²) in [6.07, 6.45) is -0.746. The molecule has 2 amide bonds. The van der Waals surface area contributed by atoms with Crippen molar-refractivity contribution in [2.24, 2.45) is 0 Å². The van der Waals surface area contributed by atoms with Crippen LogP contribution in [0.2, 0.25) is 5.02 Å². The van der Waals surface area contributed by atoms with Crippen LogP contribution in [0.3, 0.4) is 0 Å². The fraction of sp³-hybridized carbons (Fsp3) is 0.300. The van der Waals surface area contributed by atoms with Crippen LogP contribution in [0, 0.1) is 20.8 Å². The summed E-state index contributed by atoms with van der Waals surface area (Å²) < 4.78 is 5.53. The highest BCUT2D eigenvalue weighted by Crippen LogP contribution is 2.21. The Labute approximate surface area is 158 Å². The first-order chi connectivity index (χ1) is 12.3. The van der Waals surface area contributed by atoms with E-state index in [1.807, 2.05) is 32.9 Å². The van der Waals surface area contributed by atoms with Crippen molar-refractivity contribution in [3.05, 3.63) is 58.1 Å². The zero-order valence-electron chi connectivity index (χ0n) is 15.4. The Hall–Kier alpha value is -2.53. The summed E-state index contributed by atoms with van der Waals surface area (Å²) in [4.78, 5) is 24.3. The van der Waals surface area contributed by atoms with E-state index in [0.29, 0.717) is 10.8 Å². The van der Waals surface area contributed by atoms with Crippen LogP contribution in [0.4, 0.5) is 5.69 Å². The van der Waals surface area contributed by atoms with E-state index >= 15 is 0 Å². The van der Waals surface area contributed by atoms with Gasteiger partial charge >= 0.3 is 0 Å². The van der Waals surface area contributed by atoms with Crippen molar-refractivity contribution < 1.29 is 14.3 Å². The lowest BCUT2D eigenvalue weighted by Gasteiger charge is -2.16. The number of benzene rings is 2. The number of aryl methyl sites for hydroxylation is 3. The minimum Gasteiger partial charge on any atom is -0.481 e. The van der Waals surface area contributed by atoms with Crippen LogP contribution in [-0.2, 0) is 9.59 Å². The molecule has 0 aliphatic heterocycles. The lowest BCUT2D eigenvalue weighted by Crippen LogP contribution is -2.40. The van der Waals surface area contributed by atoms with Gasteiger partial charge in [-0.25, -0.2) is 0 Å². The predicted molar refractivity (Wildman–Crippen MR) is 104 cm³/mol. The topological polar surface area (TPSA) is 67.4 Å². The summed E-state index contributed by atoms with van der Waals surface area (Å²) >= 11 is 5.89. The Morgan fingerprint density at radius 1 is 1.12 bits per heavy atom. The van der Waals surface area contributed by atoms with Crippen LogP contribution >= 0.6 is 11.6 Å². The maximum atomic E-state index is 12.1. The van der Waals surface area contributed by atoms with E-state index in [-0.39, 0.29) is 18.4 Å². The monoisotopic (exact) mass is 374 g/mol. The van der Waals surface area contributed by atoms with Crippen molar-refractivity contribution in [1.82, 2.24) is 5.32 Å². The molecule has 2 aromatic carbocycles. The molecule has 0 heterocycles. The molecule has 1 atom stereocenters. The Morgan fingerprint density at radius 2 is 1.77 bits per heavy atom. The van der Waals surface area contributed by atoms with E-state index in [1.54, 1.807) is 31.2 Å². The Kier molecular flexibility index (Phi) is 6.64. The highest BCUT2D eigenvalue weighted by Gasteiger charge is 2.16. The van der Waals surface area contributed by atoms with E-state index in [2.05, 4.69) is 10.6 Å². The Morgan fingerprint density at radius 3 is 2.38 bits per heavy atom. The lowest BCUT2D eigenvalue weighted by atomic mass is 10.1. The number of nitrogens with one attached hydrogen (secondary N) is 2. The minimum atomic E-state index is -0.746. The van der Waals surface area contributed by atoms with Gasteiger partial charge in [0.2, 0.25) is 5.91 Å². The number of anilines is 1. The Balaban J connectivity index is 1.87. The van der Waals surface area contributed by atoms with Gasteiger partial charge in [-0.05, 0) is 57.0 Å². The van der Waals surface area contributed by atoms with Gasteiger partial charge in [0.1, 0.15) is 5.75 Å². The first-order valence-electron chi connectivity index (χ1n) is 8.34. The average Bonchev–Trinajstić information content (AvgIpc) is 2.55. The van der Waals surface area contributed by atoms with Crippen molar-refractivity contribution in [2.75, 3.05) is 11.9 Å². The molecule has 0 aliphatic rings. The molecule has 0 aliphatic carbocycles. The molecule has 5 nitrogen and oxygen atoms in total. The molecule has 26 heavy (non-hydrogen) atoms. The largest absolute Gasteiger partial charge is 0.481 e. The molecule has 2 rings (SSSR count). The number of rotatable bonds is 6. The number of halogens is 1. The number of hydrogen-bond acceptors (Lipinski definition) is 3. The van der Waals surface area contributed by atoms with Gasteiger partial charge in [0.15, 0.2) is 6.10 Å². The first-order valence-corrected chi connectivity index (χ1v) is 8.71. The van der Waals surface area contributed by atoms with Gasteiger partial charge in [0.05, 0.1) is 6.54 Å². The van der Waals surface area contributed by atoms with Crippen molar-refractivity contribution in [3.63, 3.8) is 0 Å². The molecule has 0 aromatic heterocycles. The van der Waals surface area contributed by atoms with E-state index in [9.17, 15) is 9.59 Å². The van der Waals surface area contributed by atoms with Crippen LogP contribution < -0.4 is 15.4 Å². The summed E-state index contributed by atoms with van der Waals surface area (Å²) in [5.41, 5.74) is 3.89. The van der Waals surface area contributed by atoms with Crippen LogP contribution in [0.15, 0.2) is 36.4 Å². The van der Waals surface area contributed by atoms with E-state index in [1.165, 1.54) is 0 Å². The maximum absolute atomic E-state index is 12.1. The smallest absolute Gasteiger partial charge is 0.261 e. The van der Waals surface area contributed by atoms with Gasteiger partial charge in [-0.15, -0.1) is 0 Å². The van der Waals surface area contributed by atoms with Gasteiger partial charge in [0, 0.05) is 10.7 Å². The number of carbonyl (C=O) groups is 2. The standard InChI is InChI=1S/C20H23ClN2O3/c1-12-8-13(2)19(14(3)9-12)23-18(24)11-22-20(25)15(4)26-17-7-5-6-16(21)10-17/h5-10,15H,11H2,1-4H3,(H,22,25)(H,23,24). The SMILES string of the molecule is Cc1cc(C)c(NC(=O)CNC(=O)C(C)Oc2cccc(Cl)c2)c(C)c1. The van der Waals surface area contributed by atoms with Gasteiger partial charge in [-0.1, -0.05) is 35.4 Å². The summed E-state index contributed by atoms with van der Waals surface area (Å²) in [7, 11) is 0. The summed E-state index contributed by atoms with van der Waals surface area (Å²) in [5, 5.41) is 5.95. The van der Waals surface area contributed by atoms with Crippen molar-refractivity contribution in [3.8, 4) is 5.75 Å². The minimum absolute atomic E-state index is 0.130. The van der Waals surface area contributed by atoms with Gasteiger partial charge in [0.25, 0.3) is 5.91 Å². The third kappa shape index (κ3) is 5.49. The van der Waals surface area contributed by atoms with Gasteiger partial charge in [-0.2, -0.15) is 0 Å². The molecule has 0 bridgehead atoms. The van der Waals surface area contributed by atoms with Crippen molar-refractivity contribution in [1.29, 1.82) is 0 Å². The molecule has 0 radical (unpaired) electrons. The van der Waals surface area contributed by atoms with Crippen LogP contribution in [-0.4, -0.2) is 24.5 Å². The second-order valence-corrected chi connectivity index (χ2v) is 6.69. The third-order valence-electron chi connectivity index (χ3n) is 3.84. The van der Waals surface area contributed by atoms with Crippen LogP contribution in [0.5, 0.6) is 5.75 Å². The van der Waals surface area contributed by atoms with Crippen molar-refractivity contribution in [2.45, 2.75) is 33.8 Å². The molecule has 2 N–H and O–H groups in total. The fourth-order valence-corrected chi connectivity index (χ4v) is 2.85. The normalized spacial score (nSPS) is 11.6. The number of amides is 2. The first kappa shape index (κ1) is 19.8. The Bertz CT molecular complexity index is 797. The summed E-state index contributed by atoms with van der Waals surface area (Å²) in [5.74, 6) is -0.170. The second-order valence-electron chi connectivity index (χ2n) is 6.26. The van der Waals surface area contributed by atoms with E-state index in [0.717, 1.165) is 22.4 Å². The van der Waals surface area contributed by atoms with Gasteiger partial charge in [-0.3, -0.25) is 9.59 Å². The van der Waals surface area contributed by atoms with Crippen LogP contribution in [0.25, 0.3) is 0 Å². The molecule has 0 saturated heterocycles. The lowest BCUT2D eigenvalue weighted by molar-refractivity contribution is -0.129. The second kappa shape index (κ2) is 8.72. The molecule has 1 unspecified atom stereocenters. The summed E-state index contributed by atoms with van der Waals surface area (Å²) in [6, 6.07) is 10.8. The maximum Gasteiger partial charge on any atom is 0.261 e. The third-order valence-corrected chi connectivity index (χ3v) is 4.08. The quantitative estimate of drug-likeness (QED) is 0.808.